The molecule has 4 nitrogen and oxygen atoms in total. The minimum absolute atomic E-state index is 0.121. The Bertz CT molecular complexity index is 319. The van der Waals surface area contributed by atoms with Gasteiger partial charge in [-0.15, -0.1) is 0 Å². The molecule has 0 saturated heterocycles. The van der Waals surface area contributed by atoms with E-state index in [4.69, 9.17) is 5.73 Å². The van der Waals surface area contributed by atoms with Gasteiger partial charge in [-0.3, -0.25) is 9.58 Å². The number of nitrogens with zero attached hydrogens (tertiary/aromatic N) is 3. The van der Waals surface area contributed by atoms with Gasteiger partial charge >= 0.3 is 0 Å². The van der Waals surface area contributed by atoms with E-state index in [0.717, 1.165) is 13.1 Å². The summed E-state index contributed by atoms with van der Waals surface area (Å²) in [6.45, 7) is 8.63. The van der Waals surface area contributed by atoms with Gasteiger partial charge in [0, 0.05) is 24.8 Å². The lowest BCUT2D eigenvalue weighted by molar-refractivity contribution is 0.183. The zero-order chi connectivity index (χ0) is 12.8. The molecule has 98 valence electrons. The van der Waals surface area contributed by atoms with E-state index >= 15 is 0 Å². The largest absolute Gasteiger partial charge is 0.326 e. The monoisotopic (exact) mass is 238 g/mol. The number of likely N-dealkylation sites (N-methyl/N-ethyl adjacent to an activating group) is 1. The number of hydrogen-bond acceptors (Lipinski definition) is 3. The number of unbranched alkanes of at least 4 members (excludes halogenated alkanes) is 1. The van der Waals surface area contributed by atoms with Gasteiger partial charge in [-0.1, -0.05) is 20.3 Å². The molecule has 1 heterocycles. The Balaban J connectivity index is 2.83. The molecular formula is C13H26N4. The third-order valence-electron chi connectivity index (χ3n) is 3.16. The third kappa shape index (κ3) is 3.82. The molecule has 1 aromatic heterocycles. The highest BCUT2D eigenvalue weighted by Crippen LogP contribution is 2.23. The summed E-state index contributed by atoms with van der Waals surface area (Å²) in [5.41, 5.74) is 7.37. The molecule has 2 atom stereocenters. The predicted molar refractivity (Wildman–Crippen MR) is 71.8 cm³/mol. The average Bonchev–Trinajstić information content (AvgIpc) is 2.69. The Morgan fingerprint density at radius 2 is 2.18 bits per heavy atom. The zero-order valence-corrected chi connectivity index (χ0v) is 11.6. The fraction of sp³-hybridized carbons (Fsp3) is 0.769. The molecule has 1 rings (SSSR count). The van der Waals surface area contributed by atoms with Crippen LogP contribution in [0.2, 0.25) is 0 Å². The number of hydrogen-bond donors (Lipinski definition) is 1. The van der Waals surface area contributed by atoms with Gasteiger partial charge in [-0.25, -0.2) is 0 Å². The van der Waals surface area contributed by atoms with Crippen LogP contribution in [0.1, 0.15) is 45.2 Å². The van der Waals surface area contributed by atoms with Gasteiger partial charge in [-0.05, 0) is 26.4 Å². The summed E-state index contributed by atoms with van der Waals surface area (Å²) in [4.78, 5) is 2.45. The van der Waals surface area contributed by atoms with E-state index in [2.05, 4.69) is 37.0 Å². The Morgan fingerprint density at radius 1 is 1.47 bits per heavy atom. The first-order chi connectivity index (χ1) is 8.10. The summed E-state index contributed by atoms with van der Waals surface area (Å²) in [5.74, 6) is 0. The van der Waals surface area contributed by atoms with Crippen LogP contribution in [0.4, 0.5) is 0 Å². The Labute approximate surface area is 105 Å². The van der Waals surface area contributed by atoms with Gasteiger partial charge in [0.1, 0.15) is 0 Å². The van der Waals surface area contributed by atoms with Crippen LogP contribution in [0.15, 0.2) is 12.4 Å². The molecule has 4 heteroatoms. The van der Waals surface area contributed by atoms with Gasteiger partial charge in [0.25, 0.3) is 0 Å². The second-order valence-corrected chi connectivity index (χ2v) is 4.73. The van der Waals surface area contributed by atoms with Crippen LogP contribution in [0.25, 0.3) is 0 Å². The van der Waals surface area contributed by atoms with Crippen LogP contribution in [0.5, 0.6) is 0 Å². The first-order valence-electron chi connectivity index (χ1n) is 6.58. The maximum Gasteiger partial charge on any atom is 0.0538 e. The van der Waals surface area contributed by atoms with Gasteiger partial charge in [0.2, 0.25) is 0 Å². The molecule has 1 aromatic rings. The van der Waals surface area contributed by atoms with E-state index in [1.807, 2.05) is 17.9 Å². The van der Waals surface area contributed by atoms with E-state index in [1.54, 1.807) is 0 Å². The maximum absolute atomic E-state index is 6.15. The lowest BCUT2D eigenvalue weighted by atomic mass is 10.0. The Morgan fingerprint density at radius 3 is 2.59 bits per heavy atom. The Kier molecular flexibility index (Phi) is 5.65. The van der Waals surface area contributed by atoms with E-state index in [9.17, 15) is 0 Å². The van der Waals surface area contributed by atoms with Crippen molar-refractivity contribution in [3.8, 4) is 0 Å². The zero-order valence-electron chi connectivity index (χ0n) is 11.6. The second kappa shape index (κ2) is 6.77. The van der Waals surface area contributed by atoms with Gasteiger partial charge in [0.15, 0.2) is 0 Å². The molecule has 0 saturated carbocycles. The van der Waals surface area contributed by atoms with Crippen molar-refractivity contribution in [2.45, 2.75) is 45.7 Å². The second-order valence-electron chi connectivity index (χ2n) is 4.73. The first kappa shape index (κ1) is 14.2. The number of nitrogens with two attached hydrogens (primary N) is 1. The van der Waals surface area contributed by atoms with Crippen LogP contribution < -0.4 is 5.73 Å². The van der Waals surface area contributed by atoms with Crippen LogP contribution >= 0.6 is 0 Å². The topological polar surface area (TPSA) is 47.1 Å². The fourth-order valence-electron chi connectivity index (χ4n) is 2.29. The van der Waals surface area contributed by atoms with Crippen molar-refractivity contribution < 1.29 is 0 Å². The van der Waals surface area contributed by atoms with Crippen molar-refractivity contribution in [2.75, 3.05) is 13.1 Å². The van der Waals surface area contributed by atoms with Crippen LogP contribution in [0.3, 0.4) is 0 Å². The molecule has 0 fully saturated rings. The van der Waals surface area contributed by atoms with E-state index < -0.39 is 0 Å². The van der Waals surface area contributed by atoms with Crippen molar-refractivity contribution >= 4 is 0 Å². The standard InChI is InChI=1S/C13H26N4/c1-5-7-8-17(6-2)13(11(3)14)12-9-15-16(4)10-12/h9-11,13H,5-8,14H2,1-4H3. The average molecular weight is 238 g/mol. The van der Waals surface area contributed by atoms with E-state index in [1.165, 1.54) is 18.4 Å². The lowest BCUT2D eigenvalue weighted by Gasteiger charge is -2.32. The molecule has 0 aromatic carbocycles. The minimum Gasteiger partial charge on any atom is -0.326 e. The summed E-state index contributed by atoms with van der Waals surface area (Å²) < 4.78 is 1.85. The highest BCUT2D eigenvalue weighted by molar-refractivity contribution is 5.13. The normalized spacial score (nSPS) is 15.2. The molecule has 0 radical (unpaired) electrons. The number of aryl methyl sites for hydroxylation is 1. The molecule has 0 amide bonds. The Hall–Kier alpha value is -0.870. The quantitative estimate of drug-likeness (QED) is 0.789. The molecule has 0 bridgehead atoms. The molecular weight excluding hydrogens is 212 g/mol. The summed E-state index contributed by atoms with van der Waals surface area (Å²) in [6.07, 6.45) is 6.44. The molecule has 0 aliphatic rings. The van der Waals surface area contributed by atoms with Crippen molar-refractivity contribution in [1.82, 2.24) is 14.7 Å². The summed E-state index contributed by atoms with van der Waals surface area (Å²) in [5, 5.41) is 4.25. The van der Waals surface area contributed by atoms with E-state index in [-0.39, 0.29) is 12.1 Å². The van der Waals surface area contributed by atoms with Crippen molar-refractivity contribution in [1.29, 1.82) is 0 Å². The van der Waals surface area contributed by atoms with Crippen molar-refractivity contribution in [3.63, 3.8) is 0 Å². The lowest BCUT2D eigenvalue weighted by Crippen LogP contribution is -2.39. The first-order valence-corrected chi connectivity index (χ1v) is 6.58. The molecule has 0 spiro atoms. The van der Waals surface area contributed by atoms with Gasteiger partial charge in [-0.2, -0.15) is 5.10 Å². The number of rotatable bonds is 7. The molecule has 0 aliphatic carbocycles. The predicted octanol–water partition coefficient (Wildman–Crippen LogP) is 1.93. The fourth-order valence-corrected chi connectivity index (χ4v) is 2.29. The van der Waals surface area contributed by atoms with Crippen LogP contribution in [-0.2, 0) is 7.05 Å². The summed E-state index contributed by atoms with van der Waals surface area (Å²) >= 11 is 0. The minimum atomic E-state index is 0.121. The SMILES string of the molecule is CCCCN(CC)C(c1cnn(C)c1)C(C)N. The third-order valence-corrected chi connectivity index (χ3v) is 3.16. The highest BCUT2D eigenvalue weighted by Gasteiger charge is 2.23. The summed E-state index contributed by atoms with van der Waals surface area (Å²) in [6, 6.07) is 0.399. The van der Waals surface area contributed by atoms with E-state index in [0.29, 0.717) is 0 Å². The molecule has 2 unspecified atom stereocenters. The molecule has 0 aliphatic heterocycles. The number of aromatic nitrogens is 2. The summed E-state index contributed by atoms with van der Waals surface area (Å²) in [7, 11) is 1.95. The molecule has 2 N–H and O–H groups in total. The van der Waals surface area contributed by atoms with Crippen LogP contribution in [-0.4, -0.2) is 33.8 Å². The smallest absolute Gasteiger partial charge is 0.0538 e. The maximum atomic E-state index is 6.15. The van der Waals surface area contributed by atoms with Crippen LogP contribution in [0, 0.1) is 0 Å². The van der Waals surface area contributed by atoms with Crippen molar-refractivity contribution in [2.24, 2.45) is 12.8 Å². The molecule has 17 heavy (non-hydrogen) atoms. The highest BCUT2D eigenvalue weighted by atomic mass is 15.3. The van der Waals surface area contributed by atoms with Crippen molar-refractivity contribution in [3.05, 3.63) is 18.0 Å². The van der Waals surface area contributed by atoms with Gasteiger partial charge in [0.05, 0.1) is 12.2 Å². The van der Waals surface area contributed by atoms with Gasteiger partial charge < -0.3 is 5.73 Å².